The molecule has 132 valence electrons. The molecule has 2 heterocycles. The molecule has 0 saturated carbocycles. The van der Waals surface area contributed by atoms with Crippen molar-refractivity contribution in [2.24, 2.45) is 0 Å². The van der Waals surface area contributed by atoms with E-state index in [9.17, 15) is 4.39 Å². The van der Waals surface area contributed by atoms with Crippen LogP contribution in [0.1, 0.15) is 11.3 Å². The van der Waals surface area contributed by atoms with E-state index in [0.717, 1.165) is 5.56 Å². The van der Waals surface area contributed by atoms with Gasteiger partial charge in [0.05, 0.1) is 38.0 Å². The van der Waals surface area contributed by atoms with Gasteiger partial charge in [0, 0.05) is 30.2 Å². The maximum atomic E-state index is 13.9. The second-order valence-electron chi connectivity index (χ2n) is 5.32. The Bertz CT molecular complexity index is 787. The molecule has 8 heteroatoms. The molecule has 1 aliphatic rings. The molecule has 0 aliphatic carbocycles. The Morgan fingerprint density at radius 1 is 1.24 bits per heavy atom. The fourth-order valence-electron chi connectivity index (χ4n) is 2.51. The van der Waals surface area contributed by atoms with E-state index in [2.05, 4.69) is 10.4 Å². The molecular weight excluding hydrogens is 347 g/mol. The number of nitrogens with one attached hydrogen (secondary N) is 1. The lowest BCUT2D eigenvalue weighted by molar-refractivity contribution is -0.0115. The molecule has 25 heavy (non-hydrogen) atoms. The van der Waals surface area contributed by atoms with Crippen LogP contribution in [0, 0.1) is 5.82 Å². The summed E-state index contributed by atoms with van der Waals surface area (Å²) >= 11 is 6.38. The predicted octanol–water partition coefficient (Wildman–Crippen LogP) is 3.10. The van der Waals surface area contributed by atoms with E-state index in [1.165, 1.54) is 6.07 Å². The van der Waals surface area contributed by atoms with Gasteiger partial charge in [0.1, 0.15) is 17.3 Å². The van der Waals surface area contributed by atoms with E-state index < -0.39 is 0 Å². The van der Waals surface area contributed by atoms with Crippen LogP contribution in [0.15, 0.2) is 42.9 Å². The second kappa shape index (κ2) is 7.58. The molecule has 1 aliphatic heterocycles. The van der Waals surface area contributed by atoms with E-state index in [1.807, 2.05) is 11.2 Å². The number of methoxy groups -OCH3 is 2. The first-order chi connectivity index (χ1) is 12.1. The minimum absolute atomic E-state index is 0.260. The fraction of sp³-hybridized carbons (Fsp3) is 0.235. The molecule has 0 radical (unpaired) electrons. The highest BCUT2D eigenvalue weighted by Crippen LogP contribution is 2.33. The van der Waals surface area contributed by atoms with E-state index in [0.29, 0.717) is 28.8 Å². The average molecular weight is 365 g/mol. The van der Waals surface area contributed by atoms with Gasteiger partial charge in [0.15, 0.2) is 0 Å². The van der Waals surface area contributed by atoms with Crippen molar-refractivity contribution >= 4 is 11.6 Å². The van der Waals surface area contributed by atoms with Crippen LogP contribution in [-0.2, 0) is 13.1 Å². The summed E-state index contributed by atoms with van der Waals surface area (Å²) in [5.74, 6) is 0.887. The number of ether oxygens (including phenoxy) is 2. The van der Waals surface area contributed by atoms with Crippen molar-refractivity contribution in [3.63, 3.8) is 0 Å². The highest BCUT2D eigenvalue weighted by molar-refractivity contribution is 6.31. The van der Waals surface area contributed by atoms with Crippen LogP contribution in [0.25, 0.3) is 0 Å². The molecule has 0 bridgehead atoms. The maximum Gasteiger partial charge on any atom is 0.146 e. The van der Waals surface area contributed by atoms with Crippen molar-refractivity contribution in [2.45, 2.75) is 13.1 Å². The Hall–Kier alpha value is -2.51. The normalized spacial score (nSPS) is 13.8. The lowest BCUT2D eigenvalue weighted by Gasteiger charge is -2.29. The summed E-state index contributed by atoms with van der Waals surface area (Å²) < 4.78 is 24.5. The third-order valence-electron chi connectivity index (χ3n) is 3.82. The molecule has 1 aromatic carbocycles. The number of hydrazine groups is 2. The topological polar surface area (TPSA) is 49.9 Å². The highest BCUT2D eigenvalue weighted by Gasteiger charge is 2.22. The molecule has 6 nitrogen and oxygen atoms in total. The zero-order chi connectivity index (χ0) is 17.8. The smallest absolute Gasteiger partial charge is 0.146 e. The monoisotopic (exact) mass is 364 g/mol. The second-order valence-corrected chi connectivity index (χ2v) is 5.73. The fourth-order valence-corrected chi connectivity index (χ4v) is 2.77. The van der Waals surface area contributed by atoms with E-state index in [4.69, 9.17) is 21.1 Å². The minimum atomic E-state index is -0.351. The van der Waals surface area contributed by atoms with Gasteiger partial charge in [-0.2, -0.15) is 0 Å². The summed E-state index contributed by atoms with van der Waals surface area (Å²) in [7, 11) is 3.15. The number of benzene rings is 1. The zero-order valence-corrected chi connectivity index (χ0v) is 14.6. The average Bonchev–Trinajstić information content (AvgIpc) is 3.05. The molecule has 3 rings (SSSR count). The molecule has 0 amide bonds. The van der Waals surface area contributed by atoms with Crippen LogP contribution in [0.2, 0.25) is 5.02 Å². The van der Waals surface area contributed by atoms with Gasteiger partial charge in [-0.25, -0.2) is 4.39 Å². The first-order valence-electron chi connectivity index (χ1n) is 7.59. The third-order valence-corrected chi connectivity index (χ3v) is 4.16. The number of nitrogens with zero attached hydrogens (tertiary/aromatic N) is 3. The number of aromatic nitrogens is 1. The number of halogens is 2. The summed E-state index contributed by atoms with van der Waals surface area (Å²) in [5, 5.41) is 4.14. The van der Waals surface area contributed by atoms with Crippen molar-refractivity contribution in [1.29, 1.82) is 0 Å². The number of hydrogen-bond donors (Lipinski definition) is 1. The molecule has 0 saturated heterocycles. The summed E-state index contributed by atoms with van der Waals surface area (Å²) in [5.41, 5.74) is 4.19. The van der Waals surface area contributed by atoms with Gasteiger partial charge in [-0.15, -0.1) is 5.12 Å². The van der Waals surface area contributed by atoms with Crippen LogP contribution < -0.4 is 14.9 Å². The van der Waals surface area contributed by atoms with Crippen LogP contribution in [0.4, 0.5) is 4.39 Å². The Morgan fingerprint density at radius 2 is 2.08 bits per heavy atom. The van der Waals surface area contributed by atoms with Gasteiger partial charge >= 0.3 is 0 Å². The third kappa shape index (κ3) is 3.78. The Morgan fingerprint density at radius 3 is 2.80 bits per heavy atom. The van der Waals surface area contributed by atoms with Gasteiger partial charge in [-0.3, -0.25) is 9.99 Å². The van der Waals surface area contributed by atoms with Crippen LogP contribution >= 0.6 is 11.6 Å². The number of pyridine rings is 1. The van der Waals surface area contributed by atoms with Gasteiger partial charge in [0.25, 0.3) is 0 Å². The van der Waals surface area contributed by atoms with Crippen LogP contribution in [-0.4, -0.2) is 29.3 Å². The molecule has 0 spiro atoms. The Balaban J connectivity index is 1.80. The molecule has 1 N–H and O–H groups in total. The molecule has 1 aromatic heterocycles. The highest BCUT2D eigenvalue weighted by atomic mass is 35.5. The van der Waals surface area contributed by atoms with Crippen molar-refractivity contribution < 1.29 is 13.9 Å². The van der Waals surface area contributed by atoms with Crippen LogP contribution in [0.3, 0.4) is 0 Å². The van der Waals surface area contributed by atoms with Crippen molar-refractivity contribution in [2.75, 3.05) is 14.2 Å². The van der Waals surface area contributed by atoms with Gasteiger partial charge in [-0.1, -0.05) is 11.6 Å². The van der Waals surface area contributed by atoms with Gasteiger partial charge in [-0.05, 0) is 18.2 Å². The summed E-state index contributed by atoms with van der Waals surface area (Å²) in [6, 6.07) is 6.46. The van der Waals surface area contributed by atoms with E-state index >= 15 is 0 Å². The standard InChI is InChI=1S/C17H18ClFN4O2/c1-24-12-8-14(18)13(17(9-12)25-2)10-22-7-6-21-23(22)11-16-15(19)4-3-5-20-16/h3-9,21H,10-11H2,1-2H3. The molecule has 0 atom stereocenters. The minimum Gasteiger partial charge on any atom is -0.497 e. The van der Waals surface area contributed by atoms with Crippen molar-refractivity contribution in [1.82, 2.24) is 20.5 Å². The number of hydrogen-bond acceptors (Lipinski definition) is 6. The molecular formula is C17H18ClFN4O2. The summed E-state index contributed by atoms with van der Waals surface area (Å²) in [6.45, 7) is 0.694. The lowest BCUT2D eigenvalue weighted by atomic mass is 10.2. The SMILES string of the molecule is COc1cc(Cl)c(CN2C=CNN2Cc2ncccc2F)c(OC)c1. The Labute approximate surface area is 150 Å². The van der Waals surface area contributed by atoms with E-state index in [1.54, 1.807) is 49.9 Å². The van der Waals surface area contributed by atoms with Gasteiger partial charge < -0.3 is 14.9 Å². The quantitative estimate of drug-likeness (QED) is 0.850. The largest absolute Gasteiger partial charge is 0.497 e. The maximum absolute atomic E-state index is 13.9. The van der Waals surface area contributed by atoms with Crippen molar-refractivity contribution in [3.8, 4) is 11.5 Å². The molecule has 0 fully saturated rings. The molecule has 2 aromatic rings. The number of rotatable bonds is 6. The first kappa shape index (κ1) is 17.3. The van der Waals surface area contributed by atoms with Crippen LogP contribution in [0.5, 0.6) is 11.5 Å². The van der Waals surface area contributed by atoms with Crippen molar-refractivity contribution in [3.05, 3.63) is 65.0 Å². The predicted molar refractivity (Wildman–Crippen MR) is 92.1 cm³/mol. The van der Waals surface area contributed by atoms with Gasteiger partial charge in [0.2, 0.25) is 0 Å². The zero-order valence-electron chi connectivity index (χ0n) is 13.9. The Kier molecular flexibility index (Phi) is 5.25. The summed E-state index contributed by atoms with van der Waals surface area (Å²) in [4.78, 5) is 4.08. The summed E-state index contributed by atoms with van der Waals surface area (Å²) in [6.07, 6.45) is 5.15. The first-order valence-corrected chi connectivity index (χ1v) is 7.97. The van der Waals surface area contributed by atoms with E-state index in [-0.39, 0.29) is 12.4 Å². The lowest BCUT2D eigenvalue weighted by Crippen LogP contribution is -2.41. The molecule has 0 unspecified atom stereocenters.